The number of nitro benzene ring substituents is 1. The molecule has 3 aromatic heterocycles. The Morgan fingerprint density at radius 1 is 0.549 bits per heavy atom. The Labute approximate surface area is 682 Å². The predicted molar refractivity (Wildman–Crippen MR) is 453 cm³/mol. The lowest BCUT2D eigenvalue weighted by molar-refractivity contribution is -0.385. The van der Waals surface area contributed by atoms with E-state index in [0.29, 0.717) is 87.4 Å². The van der Waals surface area contributed by atoms with E-state index < -0.39 is 16.2 Å². The Morgan fingerprint density at radius 2 is 1.04 bits per heavy atom. The van der Waals surface area contributed by atoms with E-state index in [4.69, 9.17) is 37.8 Å². The highest BCUT2D eigenvalue weighted by Crippen LogP contribution is 2.27. The third-order valence-corrected chi connectivity index (χ3v) is 20.4. The standard InChI is InChI=1S/C21H39NO2.C14H23ClN2O2.C10H16N2O2.C10H9NO2.C8H11ClN2O3.C8H9NO3.C6H9NO2.C6H13NO.4H2/c1-3-4-5-6-7-8-9-10-11-12-13-14-15-16-17-22-20(23)18-19(2)21(22)24;1-4-5-6-7-8-9-10-17-13(18)12(15)11(2)16(3)14(17)19;1-3-5-6-12-9(13)8(4-2)7-11-10(12)14;1-2-11-9(12)7-5-3-4-6-8(7)10(11)13;1-4-14-7-5(9)6(12)10(2)8(13)11(7)3;1-2-6-3-4-8(10)7(5-6)9(11)12;1-2-7-5(8)3-4-6(7)9;1-2-7-3-5-8-6-4-7;;;;/h19H,3-18H2,1-2H3;4-10H2,1-3H3;7H,3-6H2,1-2H3,(H,11,14);3-6H,2H2,1H3;4H2,1-3H3;3-5,10H,2H2,1H3;2-4H2,1H3;2-6H2,1H3;4*1H/i;;;;;;;;4*1+1. The zero-order valence-corrected chi connectivity index (χ0v) is 71.3. The number of aromatic nitrogens is 6. The fraction of sp³-hybridized carbons (Fsp3) is 0.639. The average Bonchev–Trinajstić information content (AvgIpc) is 1.74. The van der Waals surface area contributed by atoms with Crippen molar-refractivity contribution in [3.8, 4) is 11.6 Å². The van der Waals surface area contributed by atoms with Gasteiger partial charge in [-0.1, -0.05) is 212 Å². The van der Waals surface area contributed by atoms with E-state index in [-0.39, 0.29) is 96.9 Å². The number of hydrogen-bond acceptors (Lipinski definition) is 18. The molecule has 3 saturated heterocycles. The van der Waals surface area contributed by atoms with Gasteiger partial charge in [-0.25, -0.2) is 14.4 Å². The summed E-state index contributed by atoms with van der Waals surface area (Å²) in [5.74, 6) is -0.600. The number of hydrogen-bond donors (Lipinski definition) is 2. The number of phenolic OH excluding ortho intramolecular Hbond substituents is 1. The molecule has 0 aliphatic carbocycles. The predicted octanol–water partition coefficient (Wildman–Crippen LogP) is 14.4. The average molecular weight is 1640 g/mol. The van der Waals surface area contributed by atoms with Gasteiger partial charge in [-0.05, 0) is 90.1 Å². The first-order valence-electron chi connectivity index (χ1n) is 40.7. The van der Waals surface area contributed by atoms with Crippen molar-refractivity contribution >= 4 is 64.3 Å². The highest BCUT2D eigenvalue weighted by Gasteiger charge is 2.35. The number of fused-ring (bicyclic) bond motifs is 1. The molecule has 6 amide bonds. The number of rotatable bonds is 33. The van der Waals surface area contributed by atoms with E-state index in [9.17, 15) is 67.6 Å². The number of likely N-dealkylation sites (N-methyl/N-ethyl adjacent to an activating group) is 1. The minimum absolute atomic E-state index is 0. The molecule has 4 aliphatic rings. The molecular formula is C83H137Cl2N11O17. The third-order valence-electron chi connectivity index (χ3n) is 19.7. The number of aromatic hydroxyl groups is 1. The number of aryl methyl sites for hydroxylation is 2. The molecule has 5 aromatic rings. The number of likely N-dealkylation sites (tertiary alicyclic amines) is 2. The van der Waals surface area contributed by atoms with Crippen LogP contribution in [0.5, 0.6) is 11.6 Å². The number of morpholine rings is 1. The van der Waals surface area contributed by atoms with Gasteiger partial charge in [-0.3, -0.25) is 95.7 Å². The first-order chi connectivity index (χ1) is 54.0. The van der Waals surface area contributed by atoms with Crippen LogP contribution in [0.3, 0.4) is 0 Å². The van der Waals surface area contributed by atoms with Crippen LogP contribution in [0.25, 0.3) is 0 Å². The molecule has 3 fully saturated rings. The molecule has 113 heavy (non-hydrogen) atoms. The van der Waals surface area contributed by atoms with E-state index in [1.54, 1.807) is 65.1 Å². The summed E-state index contributed by atoms with van der Waals surface area (Å²) in [5.41, 5.74) is 0.761. The number of ether oxygens (including phenoxy) is 2. The second-order valence-corrected chi connectivity index (χ2v) is 28.8. The van der Waals surface area contributed by atoms with Gasteiger partial charge in [0.05, 0.1) is 35.9 Å². The van der Waals surface area contributed by atoms with Gasteiger partial charge in [0, 0.05) is 121 Å². The number of carbonyl (C=O) groups is 6. The number of halogens is 2. The number of H-pyrrole nitrogens is 1. The number of aromatic amines is 1. The molecule has 9 rings (SSSR count). The Hall–Kier alpha value is -8.60. The Morgan fingerprint density at radius 3 is 1.46 bits per heavy atom. The van der Waals surface area contributed by atoms with Gasteiger partial charge in [0.1, 0.15) is 5.02 Å². The molecule has 0 bridgehead atoms. The highest BCUT2D eigenvalue weighted by atomic mass is 35.5. The van der Waals surface area contributed by atoms with Crippen LogP contribution in [0.4, 0.5) is 5.69 Å². The monoisotopic (exact) mass is 1630 g/mol. The number of nitro groups is 1. The van der Waals surface area contributed by atoms with Crippen molar-refractivity contribution in [3.05, 3.63) is 159 Å². The van der Waals surface area contributed by atoms with Crippen LogP contribution in [-0.4, -0.2) is 152 Å². The summed E-state index contributed by atoms with van der Waals surface area (Å²) in [4.78, 5) is 156. The summed E-state index contributed by atoms with van der Waals surface area (Å²) in [6.45, 7) is 29.5. The van der Waals surface area contributed by atoms with Crippen LogP contribution < -0.4 is 38.5 Å². The van der Waals surface area contributed by atoms with Crippen LogP contribution in [0, 0.1) is 23.0 Å². The van der Waals surface area contributed by atoms with Gasteiger partial charge in [-0.2, -0.15) is 0 Å². The molecule has 7 heterocycles. The van der Waals surface area contributed by atoms with Crippen molar-refractivity contribution in [2.45, 2.75) is 263 Å². The van der Waals surface area contributed by atoms with Crippen molar-refractivity contribution in [2.75, 3.05) is 59.1 Å². The molecule has 1 unspecified atom stereocenters. The normalized spacial score (nSPS) is 14.2. The van der Waals surface area contributed by atoms with Crippen LogP contribution in [0.1, 0.15) is 273 Å². The maximum absolute atomic E-state index is 12.0. The van der Waals surface area contributed by atoms with Gasteiger partial charge in [0.15, 0.2) is 10.8 Å². The van der Waals surface area contributed by atoms with Crippen LogP contribution >= 0.6 is 23.2 Å². The molecule has 4 aliphatic heterocycles. The Bertz CT molecular complexity index is 4070. The van der Waals surface area contributed by atoms with E-state index in [1.165, 1.54) is 168 Å². The first kappa shape index (κ1) is 100. The van der Waals surface area contributed by atoms with Crippen molar-refractivity contribution < 1.29 is 54.0 Å². The van der Waals surface area contributed by atoms with Gasteiger partial charge in [0.25, 0.3) is 28.5 Å². The SMILES string of the molecule is CCCCCCCCCCCCCCCCN1C(=O)CC(C)C1=O.CCCCCCCCn1c(=O)c(Cl)c(C)n(C)c1=O.CCCCn1c(=O)[nH]cc(CC)c1=O.CCN1C(=O)CCC1=O.CCN1C(=O)c2ccccc2C1=O.CCN1CCOCC1.CCOc1c(Cl)c(=O)n(C)c(=O)n1C.CCc1ccc(O)c([N+](=O)[O-])c1.[2HH].[2HH].[2HH].[2HH]. The topological polar surface area (TPSA) is 340 Å². The number of carbonyl (C=O) groups excluding carboxylic acids is 6. The summed E-state index contributed by atoms with van der Waals surface area (Å²) < 4.78 is 16.4. The first-order valence-corrected chi connectivity index (χ1v) is 41.5. The molecule has 0 saturated carbocycles. The summed E-state index contributed by atoms with van der Waals surface area (Å²) in [6.07, 6.45) is 31.3. The second-order valence-electron chi connectivity index (χ2n) is 28.0. The molecule has 30 heteroatoms. The minimum atomic E-state index is -0.589. The Kier molecular flexibility index (Phi) is 49.6. The molecular weight excluding hydrogens is 1490 g/mol. The molecule has 640 valence electrons. The van der Waals surface area contributed by atoms with Crippen molar-refractivity contribution in [2.24, 2.45) is 27.1 Å². The van der Waals surface area contributed by atoms with Gasteiger partial charge in [-0.15, -0.1) is 0 Å². The quantitative estimate of drug-likeness (QED) is 0.0170. The molecule has 2 aromatic carbocycles. The number of phenols is 1. The fourth-order valence-corrected chi connectivity index (χ4v) is 12.9. The Balaban J connectivity index is -0.00000129. The molecule has 0 radical (unpaired) electrons. The number of imide groups is 3. The summed E-state index contributed by atoms with van der Waals surface area (Å²) in [7, 11) is 4.51. The molecule has 2 N–H and O–H groups in total. The van der Waals surface area contributed by atoms with Crippen molar-refractivity contribution in [1.29, 1.82) is 0 Å². The number of nitrogens with zero attached hydrogens (tertiary/aromatic N) is 10. The maximum atomic E-state index is 12.0. The zero-order valence-electron chi connectivity index (χ0n) is 69.8. The maximum Gasteiger partial charge on any atom is 0.333 e. The molecule has 28 nitrogen and oxygen atoms in total. The fourth-order valence-electron chi connectivity index (χ4n) is 12.4. The number of unbranched alkanes of at least 4 members (excludes halogenated alkanes) is 19. The van der Waals surface area contributed by atoms with Gasteiger partial charge in [0.2, 0.25) is 29.5 Å². The van der Waals surface area contributed by atoms with Crippen LogP contribution in [0.2, 0.25) is 10.0 Å². The summed E-state index contributed by atoms with van der Waals surface area (Å²) in [6, 6.07) is 11.3. The zero-order chi connectivity index (χ0) is 84.7. The van der Waals surface area contributed by atoms with Crippen LogP contribution in [0.15, 0.2) is 77.4 Å². The molecule has 0 spiro atoms. The van der Waals surface area contributed by atoms with Gasteiger partial charge < -0.3 is 19.6 Å². The lowest BCUT2D eigenvalue weighted by Gasteiger charge is -2.24. The van der Waals surface area contributed by atoms with Gasteiger partial charge >= 0.3 is 22.8 Å². The smallest absolute Gasteiger partial charge is 0.333 e. The number of nitrogens with one attached hydrogen (secondary N) is 1. The molecule has 1 atom stereocenters. The largest absolute Gasteiger partial charge is 0.502 e. The van der Waals surface area contributed by atoms with Crippen molar-refractivity contribution in [3.63, 3.8) is 0 Å². The summed E-state index contributed by atoms with van der Waals surface area (Å²) >= 11 is 11.7. The number of amides is 6. The van der Waals surface area contributed by atoms with Crippen LogP contribution in [-0.2, 0) is 71.0 Å². The lowest BCUT2D eigenvalue weighted by Crippen LogP contribution is -2.40. The summed E-state index contributed by atoms with van der Waals surface area (Å²) in [5, 5.41) is 19.5. The van der Waals surface area contributed by atoms with E-state index >= 15 is 0 Å². The second kappa shape index (κ2) is 55.8. The van der Waals surface area contributed by atoms with Crippen molar-refractivity contribution in [1.82, 2.24) is 47.4 Å². The lowest BCUT2D eigenvalue weighted by atomic mass is 10.0. The van der Waals surface area contributed by atoms with E-state index in [0.717, 1.165) is 87.8 Å². The van der Waals surface area contributed by atoms with E-state index in [1.807, 2.05) is 27.7 Å². The third kappa shape index (κ3) is 33.4. The highest BCUT2D eigenvalue weighted by molar-refractivity contribution is 6.31. The van der Waals surface area contributed by atoms with E-state index in [2.05, 4.69) is 30.7 Å². The number of benzene rings is 2. The minimum Gasteiger partial charge on any atom is -0.502 e.